The van der Waals surface area contributed by atoms with Crippen molar-refractivity contribution in [2.45, 2.75) is 32.2 Å². The van der Waals surface area contributed by atoms with Gasteiger partial charge in [-0.3, -0.25) is 14.6 Å². The third-order valence-corrected chi connectivity index (χ3v) is 7.55. The van der Waals surface area contributed by atoms with E-state index in [4.69, 9.17) is 0 Å². The van der Waals surface area contributed by atoms with Crippen molar-refractivity contribution in [1.82, 2.24) is 9.88 Å². The van der Waals surface area contributed by atoms with Crippen LogP contribution in [-0.2, 0) is 6.54 Å². The Hall–Kier alpha value is -3.51. The summed E-state index contributed by atoms with van der Waals surface area (Å²) in [6.45, 7) is 3.58. The number of carbonyl (C=O) groups is 2. The van der Waals surface area contributed by atoms with E-state index in [1.54, 1.807) is 13.1 Å². The van der Waals surface area contributed by atoms with E-state index in [0.717, 1.165) is 41.9 Å². The standard InChI is InChI=1S/C28H27N3O2S/c1-19(32)24-18-34-27-25(29-16-20-8-4-2-5-9-20)23(17-30-26(24)27)28(33)31-14-12-22(13-15-31)21-10-6-3-7-11-21/h2-11,17-18,22H,12-16H2,1H3,(H,29,30). The Labute approximate surface area is 203 Å². The highest BCUT2D eigenvalue weighted by molar-refractivity contribution is 7.18. The number of ketones is 1. The number of hydrogen-bond acceptors (Lipinski definition) is 5. The molecule has 1 fully saturated rings. The Morgan fingerprint density at radius 2 is 1.68 bits per heavy atom. The maximum Gasteiger partial charge on any atom is 0.257 e. The SMILES string of the molecule is CC(=O)c1csc2c(NCc3ccccc3)c(C(=O)N3CCC(c4ccccc4)CC3)cnc12. The number of nitrogens with one attached hydrogen (secondary N) is 1. The predicted molar refractivity (Wildman–Crippen MR) is 138 cm³/mol. The Kier molecular flexibility index (Phi) is 6.41. The molecule has 3 heterocycles. The number of piperidine rings is 1. The lowest BCUT2D eigenvalue weighted by molar-refractivity contribution is 0.0713. The van der Waals surface area contributed by atoms with Crippen LogP contribution in [0.3, 0.4) is 0 Å². The molecule has 0 bridgehead atoms. The number of nitrogens with zero attached hydrogens (tertiary/aromatic N) is 2. The van der Waals surface area contributed by atoms with Crippen LogP contribution < -0.4 is 5.32 Å². The highest BCUT2D eigenvalue weighted by atomic mass is 32.1. The molecular formula is C28H27N3O2S. The largest absolute Gasteiger partial charge is 0.379 e. The summed E-state index contributed by atoms with van der Waals surface area (Å²) in [5.41, 5.74) is 5.06. The molecule has 172 valence electrons. The number of amides is 1. The zero-order valence-corrected chi connectivity index (χ0v) is 20.0. The molecule has 0 atom stereocenters. The second-order valence-corrected chi connectivity index (χ2v) is 9.63. The van der Waals surface area contributed by atoms with E-state index in [2.05, 4.69) is 46.7 Å². The highest BCUT2D eigenvalue weighted by Crippen LogP contribution is 2.36. The van der Waals surface area contributed by atoms with E-state index in [1.807, 2.05) is 34.5 Å². The lowest BCUT2D eigenvalue weighted by Crippen LogP contribution is -2.38. The lowest BCUT2D eigenvalue weighted by Gasteiger charge is -2.32. The van der Waals surface area contributed by atoms with Gasteiger partial charge in [-0.2, -0.15) is 0 Å². The molecule has 0 aliphatic carbocycles. The quantitative estimate of drug-likeness (QED) is 0.345. The maximum absolute atomic E-state index is 13.6. The van der Waals surface area contributed by atoms with Crippen LogP contribution in [0.5, 0.6) is 0 Å². The minimum absolute atomic E-state index is 0.00533. The highest BCUT2D eigenvalue weighted by Gasteiger charge is 2.27. The number of rotatable bonds is 6. The Bertz CT molecular complexity index is 1310. The molecule has 1 N–H and O–H groups in total. The average Bonchev–Trinajstić information content (AvgIpc) is 3.33. The average molecular weight is 470 g/mol. The summed E-state index contributed by atoms with van der Waals surface area (Å²) in [5, 5.41) is 5.33. The molecular weight excluding hydrogens is 442 g/mol. The molecule has 0 radical (unpaired) electrons. The lowest BCUT2D eigenvalue weighted by atomic mass is 9.89. The smallest absolute Gasteiger partial charge is 0.257 e. The molecule has 2 aromatic carbocycles. The van der Waals surface area contributed by atoms with Crippen LogP contribution >= 0.6 is 11.3 Å². The second-order valence-electron chi connectivity index (χ2n) is 8.75. The number of Topliss-reactive ketones (excluding diaryl/α,β-unsaturated/α-hetero) is 1. The number of likely N-dealkylation sites (tertiary alicyclic amines) is 1. The molecule has 4 aromatic rings. The molecule has 1 aliphatic rings. The van der Waals surface area contributed by atoms with Crippen molar-refractivity contribution in [3.63, 3.8) is 0 Å². The van der Waals surface area contributed by atoms with Crippen LogP contribution in [0.2, 0.25) is 0 Å². The molecule has 1 aliphatic heterocycles. The van der Waals surface area contributed by atoms with Crippen LogP contribution in [-0.4, -0.2) is 34.7 Å². The summed E-state index contributed by atoms with van der Waals surface area (Å²) in [6.07, 6.45) is 3.54. The van der Waals surface area contributed by atoms with Gasteiger partial charge in [0.2, 0.25) is 0 Å². The van der Waals surface area contributed by atoms with Crippen LogP contribution in [0.15, 0.2) is 72.2 Å². The Balaban J connectivity index is 1.42. The summed E-state index contributed by atoms with van der Waals surface area (Å²) < 4.78 is 0.853. The van der Waals surface area contributed by atoms with Gasteiger partial charge in [0.05, 0.1) is 27.0 Å². The van der Waals surface area contributed by atoms with Gasteiger partial charge in [-0.15, -0.1) is 11.3 Å². The number of fused-ring (bicyclic) bond motifs is 1. The molecule has 5 rings (SSSR count). The summed E-state index contributed by atoms with van der Waals surface area (Å²) in [4.78, 5) is 32.2. The molecule has 0 unspecified atom stereocenters. The first-order chi connectivity index (χ1) is 16.6. The summed E-state index contributed by atoms with van der Waals surface area (Å²) in [7, 11) is 0. The van der Waals surface area contributed by atoms with Gasteiger partial charge in [0.25, 0.3) is 5.91 Å². The van der Waals surface area contributed by atoms with E-state index < -0.39 is 0 Å². The fraction of sp³-hybridized carbons (Fsp3) is 0.250. The molecule has 34 heavy (non-hydrogen) atoms. The van der Waals surface area contributed by atoms with Crippen molar-refractivity contribution >= 4 is 38.9 Å². The minimum atomic E-state index is -0.0187. The van der Waals surface area contributed by atoms with E-state index in [9.17, 15) is 9.59 Å². The number of benzene rings is 2. The fourth-order valence-electron chi connectivity index (χ4n) is 4.66. The topological polar surface area (TPSA) is 62.3 Å². The second kappa shape index (κ2) is 9.77. The van der Waals surface area contributed by atoms with Gasteiger partial charge >= 0.3 is 0 Å². The van der Waals surface area contributed by atoms with E-state index in [1.165, 1.54) is 16.9 Å². The zero-order chi connectivity index (χ0) is 23.5. The van der Waals surface area contributed by atoms with Gasteiger partial charge < -0.3 is 10.2 Å². The van der Waals surface area contributed by atoms with Crippen molar-refractivity contribution < 1.29 is 9.59 Å². The van der Waals surface area contributed by atoms with Crippen LogP contribution in [0.1, 0.15) is 57.5 Å². The van der Waals surface area contributed by atoms with Crippen LogP contribution in [0.4, 0.5) is 5.69 Å². The van der Waals surface area contributed by atoms with Gasteiger partial charge in [-0.05, 0) is 36.8 Å². The number of pyridine rings is 1. The zero-order valence-electron chi connectivity index (χ0n) is 19.2. The summed E-state index contributed by atoms with van der Waals surface area (Å²) in [5.74, 6) is 0.459. The van der Waals surface area contributed by atoms with Crippen molar-refractivity contribution in [1.29, 1.82) is 0 Å². The minimum Gasteiger partial charge on any atom is -0.379 e. The Morgan fingerprint density at radius 1 is 1.00 bits per heavy atom. The van der Waals surface area contributed by atoms with Gasteiger partial charge in [0, 0.05) is 31.2 Å². The molecule has 0 saturated carbocycles. The molecule has 0 spiro atoms. The molecule has 5 nitrogen and oxygen atoms in total. The van der Waals surface area contributed by atoms with Crippen molar-refractivity contribution in [2.24, 2.45) is 0 Å². The Morgan fingerprint density at radius 3 is 2.35 bits per heavy atom. The summed E-state index contributed by atoms with van der Waals surface area (Å²) >= 11 is 1.46. The number of carbonyl (C=O) groups excluding carboxylic acids is 2. The van der Waals surface area contributed by atoms with E-state index >= 15 is 0 Å². The number of hydrogen-bond donors (Lipinski definition) is 1. The number of aromatic nitrogens is 1. The first-order valence-corrected chi connectivity index (χ1v) is 12.5. The van der Waals surface area contributed by atoms with Gasteiger partial charge in [0.15, 0.2) is 5.78 Å². The summed E-state index contributed by atoms with van der Waals surface area (Å²) in [6, 6.07) is 20.6. The predicted octanol–water partition coefficient (Wildman–Crippen LogP) is 6.13. The third-order valence-electron chi connectivity index (χ3n) is 6.56. The molecule has 1 amide bonds. The first kappa shape index (κ1) is 22.3. The van der Waals surface area contributed by atoms with Crippen molar-refractivity contribution in [2.75, 3.05) is 18.4 Å². The molecule has 1 saturated heterocycles. The van der Waals surface area contributed by atoms with Crippen LogP contribution in [0, 0.1) is 0 Å². The van der Waals surface area contributed by atoms with E-state index in [-0.39, 0.29) is 11.7 Å². The van der Waals surface area contributed by atoms with Gasteiger partial charge in [-0.1, -0.05) is 60.7 Å². The molecule has 2 aromatic heterocycles. The third kappa shape index (κ3) is 4.46. The monoisotopic (exact) mass is 469 g/mol. The molecule has 6 heteroatoms. The fourth-order valence-corrected chi connectivity index (χ4v) is 5.75. The number of anilines is 1. The normalized spacial score (nSPS) is 14.3. The van der Waals surface area contributed by atoms with Crippen LogP contribution in [0.25, 0.3) is 10.2 Å². The van der Waals surface area contributed by atoms with Crippen molar-refractivity contribution in [3.05, 3.63) is 94.5 Å². The number of thiophene rings is 1. The van der Waals surface area contributed by atoms with Gasteiger partial charge in [-0.25, -0.2) is 0 Å². The van der Waals surface area contributed by atoms with E-state index in [0.29, 0.717) is 29.1 Å². The first-order valence-electron chi connectivity index (χ1n) is 11.6. The van der Waals surface area contributed by atoms with Crippen molar-refractivity contribution in [3.8, 4) is 0 Å². The maximum atomic E-state index is 13.6. The van der Waals surface area contributed by atoms with Gasteiger partial charge in [0.1, 0.15) is 0 Å².